The molecule has 1 aromatic rings. The normalized spacial score (nSPS) is 11.8. The van der Waals surface area contributed by atoms with Gasteiger partial charge in [-0.2, -0.15) is 0 Å². The molecule has 0 saturated carbocycles. The third kappa shape index (κ3) is 3.36. The van der Waals surface area contributed by atoms with E-state index in [2.05, 4.69) is 26.8 Å². The van der Waals surface area contributed by atoms with E-state index in [0.717, 1.165) is 28.5 Å². The predicted octanol–water partition coefficient (Wildman–Crippen LogP) is 3.40. The monoisotopic (exact) mass is 248 g/mol. The quantitative estimate of drug-likeness (QED) is 0.834. The SMILES string of the molecule is COc1c(/C=C/C(=O)O)cc(C)cc1C(C)(C)C. The van der Waals surface area contributed by atoms with Gasteiger partial charge in [0.15, 0.2) is 0 Å². The minimum atomic E-state index is -0.962. The molecule has 0 atom stereocenters. The van der Waals surface area contributed by atoms with E-state index in [4.69, 9.17) is 9.84 Å². The van der Waals surface area contributed by atoms with E-state index >= 15 is 0 Å². The van der Waals surface area contributed by atoms with E-state index in [9.17, 15) is 4.79 Å². The van der Waals surface area contributed by atoms with Crippen LogP contribution in [0.25, 0.3) is 6.08 Å². The fourth-order valence-electron chi connectivity index (χ4n) is 1.87. The average molecular weight is 248 g/mol. The molecule has 98 valence electrons. The molecule has 18 heavy (non-hydrogen) atoms. The zero-order valence-electron chi connectivity index (χ0n) is 11.6. The molecule has 0 radical (unpaired) electrons. The maximum Gasteiger partial charge on any atom is 0.328 e. The first kappa shape index (κ1) is 14.3. The number of aliphatic carboxylic acids is 1. The summed E-state index contributed by atoms with van der Waals surface area (Å²) in [5.74, 6) is -0.221. The molecule has 0 bridgehead atoms. The van der Waals surface area contributed by atoms with Crippen LogP contribution in [0, 0.1) is 6.92 Å². The van der Waals surface area contributed by atoms with Crippen LogP contribution in [0.1, 0.15) is 37.5 Å². The molecule has 3 nitrogen and oxygen atoms in total. The van der Waals surface area contributed by atoms with Gasteiger partial charge in [0.1, 0.15) is 5.75 Å². The summed E-state index contributed by atoms with van der Waals surface area (Å²) in [6.45, 7) is 8.31. The van der Waals surface area contributed by atoms with Crippen LogP contribution in [-0.2, 0) is 10.2 Å². The molecule has 0 saturated heterocycles. The lowest BCUT2D eigenvalue weighted by Gasteiger charge is -2.24. The van der Waals surface area contributed by atoms with Gasteiger partial charge >= 0.3 is 5.97 Å². The second kappa shape index (κ2) is 5.25. The van der Waals surface area contributed by atoms with Crippen LogP contribution in [0.4, 0.5) is 0 Å². The van der Waals surface area contributed by atoms with E-state index in [1.807, 2.05) is 13.0 Å². The van der Waals surface area contributed by atoms with Gasteiger partial charge in [0, 0.05) is 17.2 Å². The van der Waals surface area contributed by atoms with Crippen molar-refractivity contribution in [2.75, 3.05) is 7.11 Å². The fraction of sp³-hybridized carbons (Fsp3) is 0.400. The lowest BCUT2D eigenvalue weighted by Crippen LogP contribution is -2.14. The Morgan fingerprint density at radius 1 is 1.33 bits per heavy atom. The van der Waals surface area contributed by atoms with Crippen molar-refractivity contribution >= 4 is 12.0 Å². The van der Waals surface area contributed by atoms with E-state index in [1.165, 1.54) is 0 Å². The number of rotatable bonds is 3. The van der Waals surface area contributed by atoms with Gasteiger partial charge in [-0.15, -0.1) is 0 Å². The zero-order valence-corrected chi connectivity index (χ0v) is 11.6. The highest BCUT2D eigenvalue weighted by Crippen LogP contribution is 2.35. The van der Waals surface area contributed by atoms with Crippen LogP contribution in [-0.4, -0.2) is 18.2 Å². The van der Waals surface area contributed by atoms with E-state index in [1.54, 1.807) is 13.2 Å². The number of ether oxygens (including phenoxy) is 1. The van der Waals surface area contributed by atoms with Gasteiger partial charge in [-0.25, -0.2) is 4.79 Å². The number of hydrogen-bond donors (Lipinski definition) is 1. The van der Waals surface area contributed by atoms with Crippen LogP contribution in [0.15, 0.2) is 18.2 Å². The fourth-order valence-corrected chi connectivity index (χ4v) is 1.87. The molecule has 0 fully saturated rings. The van der Waals surface area contributed by atoms with Gasteiger partial charge in [0.25, 0.3) is 0 Å². The number of methoxy groups -OCH3 is 1. The van der Waals surface area contributed by atoms with Gasteiger partial charge in [-0.05, 0) is 30.0 Å². The number of carboxylic acids is 1. The van der Waals surface area contributed by atoms with Crippen LogP contribution >= 0.6 is 0 Å². The standard InChI is InChI=1S/C15H20O3/c1-10-8-11(6-7-13(16)17)14(18-5)12(9-10)15(2,3)4/h6-9H,1-5H3,(H,16,17)/b7-6+. The van der Waals surface area contributed by atoms with Crippen molar-refractivity contribution in [1.82, 2.24) is 0 Å². The smallest absolute Gasteiger partial charge is 0.328 e. The molecule has 1 aromatic carbocycles. The average Bonchev–Trinajstić information content (AvgIpc) is 2.24. The molecule has 0 heterocycles. The summed E-state index contributed by atoms with van der Waals surface area (Å²) in [7, 11) is 1.61. The summed E-state index contributed by atoms with van der Waals surface area (Å²) < 4.78 is 5.45. The van der Waals surface area contributed by atoms with Crippen molar-refractivity contribution in [3.63, 3.8) is 0 Å². The second-order valence-electron chi connectivity index (χ2n) is 5.36. The molecule has 0 aliphatic heterocycles. The Morgan fingerprint density at radius 3 is 2.39 bits per heavy atom. The maximum absolute atomic E-state index is 10.6. The number of carbonyl (C=O) groups is 1. The molecule has 3 heteroatoms. The minimum absolute atomic E-state index is 0.0524. The van der Waals surface area contributed by atoms with E-state index < -0.39 is 5.97 Å². The largest absolute Gasteiger partial charge is 0.496 e. The van der Waals surface area contributed by atoms with Gasteiger partial charge in [-0.1, -0.05) is 26.8 Å². The van der Waals surface area contributed by atoms with Crippen LogP contribution < -0.4 is 4.74 Å². The third-order valence-electron chi connectivity index (χ3n) is 2.68. The van der Waals surface area contributed by atoms with Crippen LogP contribution in [0.5, 0.6) is 5.75 Å². The molecule has 0 unspecified atom stereocenters. The Hall–Kier alpha value is -1.77. The summed E-state index contributed by atoms with van der Waals surface area (Å²) in [5, 5.41) is 8.71. The summed E-state index contributed by atoms with van der Waals surface area (Å²) in [6, 6.07) is 4.00. The predicted molar refractivity (Wildman–Crippen MR) is 73.1 cm³/mol. The first-order valence-corrected chi connectivity index (χ1v) is 5.86. The summed E-state index contributed by atoms with van der Waals surface area (Å²) >= 11 is 0. The highest BCUT2D eigenvalue weighted by Gasteiger charge is 2.21. The van der Waals surface area contributed by atoms with Crippen molar-refractivity contribution < 1.29 is 14.6 Å². The number of benzene rings is 1. The highest BCUT2D eigenvalue weighted by atomic mass is 16.5. The first-order valence-electron chi connectivity index (χ1n) is 5.86. The Morgan fingerprint density at radius 2 is 1.94 bits per heavy atom. The highest BCUT2D eigenvalue weighted by molar-refractivity contribution is 5.86. The summed E-state index contributed by atoms with van der Waals surface area (Å²) in [6.07, 6.45) is 2.70. The van der Waals surface area contributed by atoms with Crippen LogP contribution in [0.3, 0.4) is 0 Å². The molecular weight excluding hydrogens is 228 g/mol. The maximum atomic E-state index is 10.6. The summed E-state index contributed by atoms with van der Waals surface area (Å²) in [4.78, 5) is 10.6. The Balaban J connectivity index is 3.43. The van der Waals surface area contributed by atoms with Gasteiger partial charge < -0.3 is 9.84 Å². The van der Waals surface area contributed by atoms with Gasteiger partial charge in [0.05, 0.1) is 7.11 Å². The lowest BCUT2D eigenvalue weighted by atomic mass is 9.84. The van der Waals surface area contributed by atoms with Crippen molar-refractivity contribution in [1.29, 1.82) is 0 Å². The number of hydrogen-bond acceptors (Lipinski definition) is 2. The lowest BCUT2D eigenvalue weighted by molar-refractivity contribution is -0.131. The molecule has 1 rings (SSSR count). The second-order valence-corrected chi connectivity index (χ2v) is 5.36. The Kier molecular flexibility index (Phi) is 4.17. The molecular formula is C15H20O3. The van der Waals surface area contributed by atoms with Crippen LogP contribution in [0.2, 0.25) is 0 Å². The molecule has 1 N–H and O–H groups in total. The van der Waals surface area contributed by atoms with Crippen molar-refractivity contribution in [2.24, 2.45) is 0 Å². The van der Waals surface area contributed by atoms with Crippen molar-refractivity contribution in [2.45, 2.75) is 33.1 Å². The number of aryl methyl sites for hydroxylation is 1. The molecule has 0 aliphatic rings. The topological polar surface area (TPSA) is 46.5 Å². The minimum Gasteiger partial charge on any atom is -0.496 e. The van der Waals surface area contributed by atoms with Gasteiger partial charge in [0.2, 0.25) is 0 Å². The van der Waals surface area contributed by atoms with Crippen molar-refractivity contribution in [3.8, 4) is 5.75 Å². The van der Waals surface area contributed by atoms with E-state index in [0.29, 0.717) is 0 Å². The summed E-state index contributed by atoms with van der Waals surface area (Å²) in [5.41, 5.74) is 2.91. The van der Waals surface area contributed by atoms with Crippen molar-refractivity contribution in [3.05, 3.63) is 34.9 Å². The molecule has 0 spiro atoms. The van der Waals surface area contributed by atoms with Gasteiger partial charge in [-0.3, -0.25) is 0 Å². The Labute approximate surface area is 108 Å². The molecule has 0 aromatic heterocycles. The Bertz CT molecular complexity index is 479. The molecule has 0 amide bonds. The zero-order chi connectivity index (χ0) is 13.9. The first-order chi connectivity index (χ1) is 8.25. The van der Waals surface area contributed by atoms with E-state index in [-0.39, 0.29) is 5.41 Å². The third-order valence-corrected chi connectivity index (χ3v) is 2.68. The number of carboxylic acid groups (broad SMARTS) is 1. The molecule has 0 aliphatic carbocycles.